The zero-order valence-electron chi connectivity index (χ0n) is 10.5. The second-order valence-corrected chi connectivity index (χ2v) is 3.85. The van der Waals surface area contributed by atoms with Gasteiger partial charge in [-0.15, -0.1) is 0 Å². The van der Waals surface area contributed by atoms with Crippen LogP contribution in [0.15, 0.2) is 36.7 Å². The van der Waals surface area contributed by atoms with Gasteiger partial charge in [0, 0.05) is 25.3 Å². The van der Waals surface area contributed by atoms with Crippen LogP contribution >= 0.6 is 0 Å². The Hall–Kier alpha value is -2.14. The SMILES string of the molecule is COc1cc(N(C)c2ccc(CN)cc2)ncn1. The van der Waals surface area contributed by atoms with Crippen LogP contribution in [-0.4, -0.2) is 24.1 Å². The molecule has 0 saturated carbocycles. The van der Waals surface area contributed by atoms with E-state index in [1.54, 1.807) is 13.2 Å². The zero-order valence-corrected chi connectivity index (χ0v) is 10.5. The van der Waals surface area contributed by atoms with Crippen molar-refractivity contribution in [2.45, 2.75) is 6.54 Å². The van der Waals surface area contributed by atoms with Crippen molar-refractivity contribution < 1.29 is 4.74 Å². The van der Waals surface area contributed by atoms with Gasteiger partial charge in [-0.2, -0.15) is 0 Å². The maximum atomic E-state index is 5.57. The summed E-state index contributed by atoms with van der Waals surface area (Å²) in [5, 5.41) is 0. The maximum absolute atomic E-state index is 5.57. The van der Waals surface area contributed by atoms with Crippen molar-refractivity contribution in [2.75, 3.05) is 19.1 Å². The molecule has 0 radical (unpaired) electrons. The van der Waals surface area contributed by atoms with E-state index in [-0.39, 0.29) is 0 Å². The van der Waals surface area contributed by atoms with Crippen LogP contribution in [0.2, 0.25) is 0 Å². The van der Waals surface area contributed by atoms with Gasteiger partial charge in [-0.3, -0.25) is 0 Å². The minimum Gasteiger partial charge on any atom is -0.481 e. The molecule has 94 valence electrons. The fourth-order valence-electron chi connectivity index (χ4n) is 1.61. The van der Waals surface area contributed by atoms with Gasteiger partial charge >= 0.3 is 0 Å². The van der Waals surface area contributed by atoms with Gasteiger partial charge in [-0.25, -0.2) is 9.97 Å². The summed E-state index contributed by atoms with van der Waals surface area (Å²) in [6.07, 6.45) is 1.49. The standard InChI is InChI=1S/C13H16N4O/c1-17(11-5-3-10(8-14)4-6-11)12-7-13(18-2)16-9-15-12/h3-7,9H,8,14H2,1-2H3. The fourth-order valence-corrected chi connectivity index (χ4v) is 1.61. The molecule has 0 fully saturated rings. The second-order valence-electron chi connectivity index (χ2n) is 3.85. The van der Waals surface area contributed by atoms with E-state index in [4.69, 9.17) is 10.5 Å². The van der Waals surface area contributed by atoms with Crippen LogP contribution in [0, 0.1) is 0 Å². The molecule has 0 spiro atoms. The van der Waals surface area contributed by atoms with Crippen molar-refractivity contribution in [3.63, 3.8) is 0 Å². The van der Waals surface area contributed by atoms with Crippen molar-refractivity contribution in [3.8, 4) is 5.88 Å². The van der Waals surface area contributed by atoms with Crippen LogP contribution in [0.5, 0.6) is 5.88 Å². The largest absolute Gasteiger partial charge is 0.481 e. The van der Waals surface area contributed by atoms with Gasteiger partial charge in [0.05, 0.1) is 7.11 Å². The minimum atomic E-state index is 0.547. The first-order valence-corrected chi connectivity index (χ1v) is 5.63. The van der Waals surface area contributed by atoms with Crippen molar-refractivity contribution in [2.24, 2.45) is 5.73 Å². The molecule has 0 aliphatic heterocycles. The molecule has 2 rings (SSSR count). The normalized spacial score (nSPS) is 10.2. The number of benzene rings is 1. The lowest BCUT2D eigenvalue weighted by Crippen LogP contribution is -2.11. The van der Waals surface area contributed by atoms with E-state index >= 15 is 0 Å². The van der Waals surface area contributed by atoms with Crippen molar-refractivity contribution in [1.82, 2.24) is 9.97 Å². The highest BCUT2D eigenvalue weighted by molar-refractivity contribution is 5.59. The van der Waals surface area contributed by atoms with Gasteiger partial charge in [0.25, 0.3) is 0 Å². The molecular formula is C13H16N4O. The molecule has 1 aromatic carbocycles. The van der Waals surface area contributed by atoms with Gasteiger partial charge < -0.3 is 15.4 Å². The molecule has 0 aliphatic carbocycles. The van der Waals surface area contributed by atoms with Gasteiger partial charge in [-0.05, 0) is 17.7 Å². The topological polar surface area (TPSA) is 64.3 Å². The first-order chi connectivity index (χ1) is 8.74. The number of ether oxygens (including phenoxy) is 1. The summed E-state index contributed by atoms with van der Waals surface area (Å²) in [6, 6.07) is 9.82. The average molecular weight is 244 g/mol. The fraction of sp³-hybridized carbons (Fsp3) is 0.231. The van der Waals surface area contributed by atoms with E-state index in [0.29, 0.717) is 12.4 Å². The highest BCUT2D eigenvalue weighted by Gasteiger charge is 2.06. The quantitative estimate of drug-likeness (QED) is 0.887. The number of nitrogens with zero attached hydrogens (tertiary/aromatic N) is 3. The van der Waals surface area contributed by atoms with E-state index in [1.165, 1.54) is 6.33 Å². The number of methoxy groups -OCH3 is 1. The lowest BCUT2D eigenvalue weighted by Gasteiger charge is -2.18. The van der Waals surface area contributed by atoms with Crippen molar-refractivity contribution in [1.29, 1.82) is 0 Å². The Kier molecular flexibility index (Phi) is 3.74. The molecule has 0 atom stereocenters. The monoisotopic (exact) mass is 244 g/mol. The van der Waals surface area contributed by atoms with E-state index in [2.05, 4.69) is 9.97 Å². The Morgan fingerprint density at radius 3 is 2.56 bits per heavy atom. The Morgan fingerprint density at radius 2 is 1.94 bits per heavy atom. The molecule has 1 aromatic heterocycles. The summed E-state index contributed by atoms with van der Waals surface area (Å²) >= 11 is 0. The van der Waals surface area contributed by atoms with Crippen LogP contribution in [0.4, 0.5) is 11.5 Å². The van der Waals surface area contributed by atoms with Gasteiger partial charge in [0.15, 0.2) is 0 Å². The number of aromatic nitrogens is 2. The molecule has 5 nitrogen and oxygen atoms in total. The highest BCUT2D eigenvalue weighted by Crippen LogP contribution is 2.23. The van der Waals surface area contributed by atoms with Crippen LogP contribution in [-0.2, 0) is 6.54 Å². The minimum absolute atomic E-state index is 0.547. The van der Waals surface area contributed by atoms with Gasteiger partial charge in [-0.1, -0.05) is 12.1 Å². The van der Waals surface area contributed by atoms with Crippen LogP contribution in [0.25, 0.3) is 0 Å². The maximum Gasteiger partial charge on any atom is 0.218 e. The van der Waals surface area contributed by atoms with Crippen LogP contribution in [0.1, 0.15) is 5.56 Å². The molecule has 0 saturated heterocycles. The predicted octanol–water partition coefficient (Wildman–Crippen LogP) is 1.71. The van der Waals surface area contributed by atoms with E-state index in [9.17, 15) is 0 Å². The predicted molar refractivity (Wildman–Crippen MR) is 71.0 cm³/mol. The summed E-state index contributed by atoms with van der Waals surface area (Å²) in [7, 11) is 3.53. The first-order valence-electron chi connectivity index (χ1n) is 5.63. The van der Waals surface area contributed by atoms with Crippen LogP contribution < -0.4 is 15.4 Å². The molecule has 0 bridgehead atoms. The summed E-state index contributed by atoms with van der Waals surface area (Å²) in [4.78, 5) is 10.2. The molecule has 0 unspecified atom stereocenters. The lowest BCUT2D eigenvalue weighted by molar-refractivity contribution is 0.397. The Balaban J connectivity index is 2.25. The summed E-state index contributed by atoms with van der Waals surface area (Å²) in [6.45, 7) is 0.547. The third-order valence-electron chi connectivity index (χ3n) is 2.74. The number of hydrogen-bond acceptors (Lipinski definition) is 5. The zero-order chi connectivity index (χ0) is 13.0. The number of rotatable bonds is 4. The van der Waals surface area contributed by atoms with Crippen molar-refractivity contribution in [3.05, 3.63) is 42.2 Å². The van der Waals surface area contributed by atoms with Gasteiger partial charge in [0.1, 0.15) is 12.1 Å². The second kappa shape index (κ2) is 5.46. The molecular weight excluding hydrogens is 228 g/mol. The number of anilines is 2. The van der Waals surface area contributed by atoms with E-state index in [1.807, 2.05) is 36.2 Å². The number of nitrogens with two attached hydrogens (primary N) is 1. The Bertz CT molecular complexity index is 513. The van der Waals surface area contributed by atoms with E-state index in [0.717, 1.165) is 17.1 Å². The van der Waals surface area contributed by atoms with Crippen molar-refractivity contribution >= 4 is 11.5 Å². The number of hydrogen-bond donors (Lipinski definition) is 1. The first kappa shape index (κ1) is 12.3. The van der Waals surface area contributed by atoms with E-state index < -0.39 is 0 Å². The molecule has 2 N–H and O–H groups in total. The third-order valence-corrected chi connectivity index (χ3v) is 2.74. The summed E-state index contributed by atoms with van der Waals surface area (Å²) in [5.41, 5.74) is 7.71. The molecule has 0 amide bonds. The smallest absolute Gasteiger partial charge is 0.218 e. The summed E-state index contributed by atoms with van der Waals surface area (Å²) in [5.74, 6) is 1.33. The molecule has 18 heavy (non-hydrogen) atoms. The highest BCUT2D eigenvalue weighted by atomic mass is 16.5. The third kappa shape index (κ3) is 2.57. The molecule has 2 aromatic rings. The van der Waals surface area contributed by atoms with Crippen LogP contribution in [0.3, 0.4) is 0 Å². The molecule has 1 heterocycles. The Labute approximate surface area is 106 Å². The average Bonchev–Trinajstić information content (AvgIpc) is 2.46. The molecule has 5 heteroatoms. The summed E-state index contributed by atoms with van der Waals surface area (Å²) < 4.78 is 5.08. The molecule has 0 aliphatic rings. The van der Waals surface area contributed by atoms with Gasteiger partial charge in [0.2, 0.25) is 5.88 Å². The lowest BCUT2D eigenvalue weighted by atomic mass is 10.2. The Morgan fingerprint density at radius 1 is 1.22 bits per heavy atom.